The van der Waals surface area contributed by atoms with Crippen LogP contribution in [0.2, 0.25) is 0 Å². The Morgan fingerprint density at radius 2 is 2.22 bits per heavy atom. The first-order valence-corrected chi connectivity index (χ1v) is 6.21. The Labute approximate surface area is 105 Å². The number of nitrogens with one attached hydrogen (secondary N) is 1. The highest BCUT2D eigenvalue weighted by atomic mass is 16.3. The van der Waals surface area contributed by atoms with Crippen molar-refractivity contribution in [2.45, 2.75) is 13.0 Å². The molecule has 1 aliphatic heterocycles. The Morgan fingerprint density at radius 3 is 2.94 bits per heavy atom. The number of fused-ring (bicyclic) bond motifs is 1. The minimum absolute atomic E-state index is 0.0922. The van der Waals surface area contributed by atoms with E-state index in [-0.39, 0.29) is 18.4 Å². The largest absolute Gasteiger partial charge is 0.396 e. The fourth-order valence-corrected chi connectivity index (χ4v) is 2.55. The molecule has 3 rings (SSSR count). The number of nitrogens with zero attached hydrogens (tertiary/aromatic N) is 1. The Hall–Kier alpha value is -1.81. The lowest BCUT2D eigenvalue weighted by atomic mass is 10.1. The van der Waals surface area contributed by atoms with Crippen molar-refractivity contribution in [3.05, 3.63) is 36.0 Å². The zero-order valence-corrected chi connectivity index (χ0v) is 10.1. The zero-order valence-electron chi connectivity index (χ0n) is 10.1. The minimum atomic E-state index is 0.0922. The molecule has 94 valence electrons. The first kappa shape index (κ1) is 11.3. The molecule has 0 spiro atoms. The average Bonchev–Trinajstić information content (AvgIpc) is 2.93. The van der Waals surface area contributed by atoms with E-state index in [9.17, 15) is 4.79 Å². The maximum absolute atomic E-state index is 11.8. The third-order valence-corrected chi connectivity index (χ3v) is 3.50. The van der Waals surface area contributed by atoms with Crippen LogP contribution in [0.1, 0.15) is 12.1 Å². The molecule has 4 nitrogen and oxygen atoms in total. The first-order valence-electron chi connectivity index (χ1n) is 6.21. The number of carbonyl (C=O) groups excluding carboxylic acids is 1. The summed E-state index contributed by atoms with van der Waals surface area (Å²) < 4.78 is 0. The Morgan fingerprint density at radius 1 is 1.39 bits per heavy atom. The molecule has 2 N–H and O–H groups in total. The number of aliphatic hydroxyl groups excluding tert-OH is 1. The first-order chi connectivity index (χ1) is 8.76. The molecule has 2 aromatic rings. The van der Waals surface area contributed by atoms with E-state index < -0.39 is 0 Å². The van der Waals surface area contributed by atoms with Crippen LogP contribution in [-0.4, -0.2) is 34.0 Å². The van der Waals surface area contributed by atoms with Crippen LogP contribution in [0.25, 0.3) is 10.9 Å². The van der Waals surface area contributed by atoms with E-state index in [0.29, 0.717) is 19.5 Å². The van der Waals surface area contributed by atoms with Crippen LogP contribution in [0.3, 0.4) is 0 Å². The van der Waals surface area contributed by atoms with Crippen molar-refractivity contribution in [3.8, 4) is 0 Å². The molecular weight excluding hydrogens is 228 g/mol. The standard InChI is InChI=1S/C14H16N2O2/c17-9-10-5-14(18)16(7-10)8-12-6-11-3-1-2-4-13(11)15-12/h1-4,6,10,15,17H,5,7-9H2. The van der Waals surface area contributed by atoms with E-state index >= 15 is 0 Å². The molecule has 1 aromatic carbocycles. The van der Waals surface area contributed by atoms with Crippen molar-refractivity contribution in [2.75, 3.05) is 13.2 Å². The van der Waals surface area contributed by atoms with Gasteiger partial charge in [0.05, 0.1) is 6.54 Å². The number of aromatic amines is 1. The number of benzene rings is 1. The number of aromatic nitrogens is 1. The van der Waals surface area contributed by atoms with Gasteiger partial charge in [-0.3, -0.25) is 4.79 Å². The molecule has 18 heavy (non-hydrogen) atoms. The van der Waals surface area contributed by atoms with E-state index in [1.165, 1.54) is 0 Å². The van der Waals surface area contributed by atoms with Gasteiger partial charge in [-0.1, -0.05) is 18.2 Å². The van der Waals surface area contributed by atoms with Gasteiger partial charge in [-0.05, 0) is 17.5 Å². The zero-order chi connectivity index (χ0) is 12.5. The predicted octanol–water partition coefficient (Wildman–Crippen LogP) is 1.51. The number of amides is 1. The second-order valence-corrected chi connectivity index (χ2v) is 4.91. The van der Waals surface area contributed by atoms with E-state index in [2.05, 4.69) is 17.1 Å². The topological polar surface area (TPSA) is 56.3 Å². The summed E-state index contributed by atoms with van der Waals surface area (Å²) in [4.78, 5) is 16.9. The lowest BCUT2D eigenvalue weighted by Crippen LogP contribution is -2.25. The second kappa shape index (κ2) is 4.46. The number of aliphatic hydroxyl groups is 1. The number of rotatable bonds is 3. The highest BCUT2D eigenvalue weighted by Crippen LogP contribution is 2.21. The summed E-state index contributed by atoms with van der Waals surface area (Å²) in [5.41, 5.74) is 2.14. The highest BCUT2D eigenvalue weighted by molar-refractivity contribution is 5.81. The molecule has 1 atom stereocenters. The Balaban J connectivity index is 1.78. The lowest BCUT2D eigenvalue weighted by Gasteiger charge is -2.14. The Kier molecular flexibility index (Phi) is 2.80. The molecule has 0 bridgehead atoms. The number of hydrogen-bond donors (Lipinski definition) is 2. The van der Waals surface area contributed by atoms with Crippen LogP contribution in [-0.2, 0) is 11.3 Å². The van der Waals surface area contributed by atoms with Gasteiger partial charge < -0.3 is 15.0 Å². The van der Waals surface area contributed by atoms with Crippen molar-refractivity contribution in [3.63, 3.8) is 0 Å². The number of hydrogen-bond acceptors (Lipinski definition) is 2. The van der Waals surface area contributed by atoms with Crippen LogP contribution in [0, 0.1) is 5.92 Å². The van der Waals surface area contributed by atoms with Crippen LogP contribution in [0.5, 0.6) is 0 Å². The summed E-state index contributed by atoms with van der Waals surface area (Å²) in [5, 5.41) is 10.3. The molecular formula is C14H16N2O2. The van der Waals surface area contributed by atoms with Gasteiger partial charge >= 0.3 is 0 Å². The number of H-pyrrole nitrogens is 1. The third kappa shape index (κ3) is 1.99. The smallest absolute Gasteiger partial charge is 0.223 e. The minimum Gasteiger partial charge on any atom is -0.396 e. The Bertz CT molecular complexity index is 543. The molecule has 2 heterocycles. The summed E-state index contributed by atoms with van der Waals surface area (Å²) in [5.74, 6) is 0.231. The monoisotopic (exact) mass is 244 g/mol. The quantitative estimate of drug-likeness (QED) is 0.859. The molecule has 1 unspecified atom stereocenters. The van der Waals surface area contributed by atoms with Gasteiger partial charge in [0.15, 0.2) is 0 Å². The molecule has 0 aliphatic carbocycles. The predicted molar refractivity (Wildman–Crippen MR) is 68.9 cm³/mol. The van der Waals surface area contributed by atoms with Gasteiger partial charge in [-0.2, -0.15) is 0 Å². The summed E-state index contributed by atoms with van der Waals surface area (Å²) in [6.07, 6.45) is 0.469. The molecule has 0 saturated carbocycles. The molecule has 1 fully saturated rings. The summed E-state index contributed by atoms with van der Waals surface area (Å²) in [6, 6.07) is 10.2. The molecule has 1 amide bonds. The molecule has 4 heteroatoms. The number of carbonyl (C=O) groups is 1. The maximum atomic E-state index is 11.8. The van der Waals surface area contributed by atoms with Gasteiger partial charge in [0, 0.05) is 36.7 Å². The van der Waals surface area contributed by atoms with Crippen LogP contribution in [0.4, 0.5) is 0 Å². The fourth-order valence-electron chi connectivity index (χ4n) is 2.55. The average molecular weight is 244 g/mol. The van der Waals surface area contributed by atoms with Gasteiger partial charge in [0.1, 0.15) is 0 Å². The lowest BCUT2D eigenvalue weighted by molar-refractivity contribution is -0.128. The van der Waals surface area contributed by atoms with Gasteiger partial charge in [0.2, 0.25) is 5.91 Å². The van der Waals surface area contributed by atoms with Crippen molar-refractivity contribution in [1.29, 1.82) is 0 Å². The molecule has 1 aromatic heterocycles. The van der Waals surface area contributed by atoms with Crippen molar-refractivity contribution < 1.29 is 9.90 Å². The highest BCUT2D eigenvalue weighted by Gasteiger charge is 2.29. The van der Waals surface area contributed by atoms with Gasteiger partial charge in [0.25, 0.3) is 0 Å². The molecule has 0 radical (unpaired) electrons. The fraction of sp³-hybridized carbons (Fsp3) is 0.357. The van der Waals surface area contributed by atoms with E-state index in [4.69, 9.17) is 5.11 Å². The summed E-state index contributed by atoms with van der Waals surface area (Å²) >= 11 is 0. The normalized spacial score (nSPS) is 19.9. The third-order valence-electron chi connectivity index (χ3n) is 3.50. The van der Waals surface area contributed by atoms with Crippen LogP contribution < -0.4 is 0 Å². The maximum Gasteiger partial charge on any atom is 0.223 e. The summed E-state index contributed by atoms with van der Waals surface area (Å²) in [7, 11) is 0. The van der Waals surface area contributed by atoms with Crippen molar-refractivity contribution >= 4 is 16.8 Å². The van der Waals surface area contributed by atoms with E-state index in [0.717, 1.165) is 16.6 Å². The van der Waals surface area contributed by atoms with Crippen molar-refractivity contribution in [1.82, 2.24) is 9.88 Å². The van der Waals surface area contributed by atoms with Gasteiger partial charge in [-0.25, -0.2) is 0 Å². The van der Waals surface area contributed by atoms with Gasteiger partial charge in [-0.15, -0.1) is 0 Å². The van der Waals surface area contributed by atoms with Crippen LogP contribution >= 0.6 is 0 Å². The SMILES string of the molecule is O=C1CC(CO)CN1Cc1cc2ccccc2[nH]1. The summed E-state index contributed by atoms with van der Waals surface area (Å²) in [6.45, 7) is 1.35. The molecule has 1 aliphatic rings. The molecule has 1 saturated heterocycles. The second-order valence-electron chi connectivity index (χ2n) is 4.91. The van der Waals surface area contributed by atoms with E-state index in [1.807, 2.05) is 23.1 Å². The van der Waals surface area contributed by atoms with Crippen molar-refractivity contribution in [2.24, 2.45) is 5.92 Å². The number of para-hydroxylation sites is 1. The van der Waals surface area contributed by atoms with E-state index in [1.54, 1.807) is 0 Å². The number of likely N-dealkylation sites (tertiary alicyclic amines) is 1. The van der Waals surface area contributed by atoms with Crippen LogP contribution in [0.15, 0.2) is 30.3 Å².